The Morgan fingerprint density at radius 2 is 1.91 bits per heavy atom. The van der Waals surface area contributed by atoms with Crippen molar-refractivity contribution in [1.82, 2.24) is 31.5 Å². The maximum absolute atomic E-state index is 12.4. The lowest BCUT2D eigenvalue weighted by Gasteiger charge is -2.17. The minimum absolute atomic E-state index is 0.0553. The fraction of sp³-hybridized carbons (Fsp3) is 0.579. The highest BCUT2D eigenvalue weighted by atomic mass is 32.2. The van der Waals surface area contributed by atoms with Crippen molar-refractivity contribution in [3.63, 3.8) is 0 Å². The number of benzene rings is 1. The maximum atomic E-state index is 12.4. The predicted octanol–water partition coefficient (Wildman–Crippen LogP) is -1.96. The highest BCUT2D eigenvalue weighted by Gasteiger charge is 2.32. The number of amides is 1. The summed E-state index contributed by atoms with van der Waals surface area (Å²) < 4.78 is 26.8. The molecular weight excluding hydrogens is 440 g/mol. The molecule has 32 heavy (non-hydrogen) atoms. The Balaban J connectivity index is 1.40. The van der Waals surface area contributed by atoms with Crippen LogP contribution >= 0.6 is 0 Å². The second-order valence-electron chi connectivity index (χ2n) is 7.65. The predicted molar refractivity (Wildman–Crippen MR) is 115 cm³/mol. The van der Waals surface area contributed by atoms with Gasteiger partial charge in [-0.05, 0) is 31.5 Å². The molecule has 2 saturated heterocycles. The number of hydrogen-bond donors (Lipinski definition) is 7. The Hall–Kier alpha value is -2.13. The number of carbonyl (C=O) groups is 2. The van der Waals surface area contributed by atoms with Gasteiger partial charge in [-0.1, -0.05) is 18.2 Å². The van der Waals surface area contributed by atoms with Gasteiger partial charge in [0.2, 0.25) is 15.9 Å². The molecule has 2 aliphatic rings. The zero-order chi connectivity index (χ0) is 23.0. The summed E-state index contributed by atoms with van der Waals surface area (Å²) in [5.74, 6) is -1.84. The van der Waals surface area contributed by atoms with E-state index in [4.69, 9.17) is 4.84 Å². The number of rotatable bonds is 12. The van der Waals surface area contributed by atoms with Gasteiger partial charge in [-0.25, -0.2) is 8.42 Å². The van der Waals surface area contributed by atoms with Gasteiger partial charge in [-0.2, -0.15) is 10.2 Å². The Bertz CT molecular complexity index is 864. The fourth-order valence-corrected chi connectivity index (χ4v) is 4.67. The molecular formula is C19H30N6O6S. The molecule has 2 fully saturated rings. The van der Waals surface area contributed by atoms with Crippen LogP contribution in [0.25, 0.3) is 0 Å². The molecule has 0 bridgehead atoms. The molecule has 7 N–H and O–H groups in total. The fourth-order valence-electron chi connectivity index (χ4n) is 3.46. The first-order valence-corrected chi connectivity index (χ1v) is 12.0. The van der Waals surface area contributed by atoms with Gasteiger partial charge in [0.25, 0.3) is 0 Å². The number of aliphatic carboxylic acids is 1. The van der Waals surface area contributed by atoms with E-state index in [2.05, 4.69) is 31.5 Å². The minimum atomic E-state index is -4.04. The van der Waals surface area contributed by atoms with Gasteiger partial charge in [0.05, 0.1) is 11.0 Å². The highest BCUT2D eigenvalue weighted by molar-refractivity contribution is 7.89. The SMILES string of the molecule is O=C(O)C(CNC(=O)C1CC(CCCNC2NCCN2)ON1)NS(=O)(=O)c1ccccc1. The highest BCUT2D eigenvalue weighted by Crippen LogP contribution is 2.15. The van der Waals surface area contributed by atoms with E-state index < -0.39 is 40.5 Å². The van der Waals surface area contributed by atoms with Crippen LogP contribution in [0.15, 0.2) is 35.2 Å². The molecule has 178 valence electrons. The molecule has 0 spiro atoms. The average molecular weight is 471 g/mol. The van der Waals surface area contributed by atoms with Crippen LogP contribution in [0.4, 0.5) is 0 Å². The van der Waals surface area contributed by atoms with Crippen molar-refractivity contribution in [2.24, 2.45) is 0 Å². The summed E-state index contributed by atoms with van der Waals surface area (Å²) in [5, 5.41) is 21.7. The van der Waals surface area contributed by atoms with Gasteiger partial charge in [0.1, 0.15) is 18.4 Å². The van der Waals surface area contributed by atoms with Crippen LogP contribution in [0.1, 0.15) is 19.3 Å². The van der Waals surface area contributed by atoms with Crippen LogP contribution in [-0.2, 0) is 24.4 Å². The number of nitrogens with one attached hydrogen (secondary N) is 6. The van der Waals surface area contributed by atoms with E-state index in [1.807, 2.05) is 0 Å². The van der Waals surface area contributed by atoms with Crippen molar-refractivity contribution >= 4 is 21.9 Å². The summed E-state index contributed by atoms with van der Waals surface area (Å²) in [5.41, 5.74) is 2.67. The Labute approximate surface area is 186 Å². The van der Waals surface area contributed by atoms with Gasteiger partial charge in [0.15, 0.2) is 0 Å². The lowest BCUT2D eigenvalue weighted by atomic mass is 10.1. The molecule has 3 unspecified atom stereocenters. The molecule has 13 heteroatoms. The Kier molecular flexibility index (Phi) is 8.92. The molecule has 1 amide bonds. The lowest BCUT2D eigenvalue weighted by Crippen LogP contribution is -2.51. The van der Waals surface area contributed by atoms with E-state index in [0.717, 1.165) is 32.5 Å². The van der Waals surface area contributed by atoms with Gasteiger partial charge >= 0.3 is 5.97 Å². The molecule has 1 aromatic carbocycles. The van der Waals surface area contributed by atoms with E-state index in [1.165, 1.54) is 24.3 Å². The number of carboxylic acid groups (broad SMARTS) is 1. The molecule has 0 aromatic heterocycles. The van der Waals surface area contributed by atoms with E-state index in [1.54, 1.807) is 6.07 Å². The van der Waals surface area contributed by atoms with Gasteiger partial charge in [-0.3, -0.25) is 30.4 Å². The number of carboxylic acids is 1. The molecule has 12 nitrogen and oxygen atoms in total. The monoisotopic (exact) mass is 470 g/mol. The van der Waals surface area contributed by atoms with E-state index >= 15 is 0 Å². The van der Waals surface area contributed by atoms with Gasteiger partial charge in [-0.15, -0.1) is 0 Å². The van der Waals surface area contributed by atoms with Gasteiger partial charge < -0.3 is 10.4 Å². The van der Waals surface area contributed by atoms with Gasteiger partial charge in [0, 0.05) is 26.1 Å². The van der Waals surface area contributed by atoms with E-state index in [9.17, 15) is 23.1 Å². The zero-order valence-electron chi connectivity index (χ0n) is 17.5. The summed E-state index contributed by atoms with van der Waals surface area (Å²) in [4.78, 5) is 29.3. The van der Waals surface area contributed by atoms with Crippen molar-refractivity contribution < 1.29 is 28.0 Å². The van der Waals surface area contributed by atoms with Crippen molar-refractivity contribution in [2.45, 2.75) is 48.6 Å². The minimum Gasteiger partial charge on any atom is -0.480 e. The smallest absolute Gasteiger partial charge is 0.323 e. The molecule has 1 aromatic rings. The first-order valence-electron chi connectivity index (χ1n) is 10.5. The quantitative estimate of drug-likeness (QED) is 0.170. The second-order valence-corrected chi connectivity index (χ2v) is 9.37. The van der Waals surface area contributed by atoms with E-state index in [-0.39, 0.29) is 17.3 Å². The lowest BCUT2D eigenvalue weighted by molar-refractivity contribution is -0.139. The largest absolute Gasteiger partial charge is 0.480 e. The third-order valence-corrected chi connectivity index (χ3v) is 6.68. The number of hydroxylamine groups is 1. The van der Waals surface area contributed by atoms with Crippen molar-refractivity contribution in [3.8, 4) is 0 Å². The summed E-state index contributed by atoms with van der Waals surface area (Å²) in [7, 11) is -4.04. The molecule has 0 saturated carbocycles. The number of hydrogen-bond acceptors (Lipinski definition) is 9. The average Bonchev–Trinajstić information content (AvgIpc) is 3.46. The zero-order valence-corrected chi connectivity index (χ0v) is 18.4. The van der Waals surface area contributed by atoms with Crippen molar-refractivity contribution in [1.29, 1.82) is 0 Å². The summed E-state index contributed by atoms with van der Waals surface area (Å²) in [6, 6.07) is 5.29. The number of carbonyl (C=O) groups excluding carboxylic acids is 1. The first-order chi connectivity index (χ1) is 15.3. The topological polar surface area (TPSA) is 170 Å². The van der Waals surface area contributed by atoms with Crippen molar-refractivity contribution in [2.75, 3.05) is 26.2 Å². The Morgan fingerprint density at radius 1 is 1.19 bits per heavy atom. The third-order valence-electron chi connectivity index (χ3n) is 5.19. The standard InChI is InChI=1S/C19H30N6O6S/c26-17(15-11-13(31-24-15)5-4-8-20-19-21-9-10-22-19)23-12-16(18(27)28)25-32(29,30)14-6-2-1-3-7-14/h1-3,6-7,13,15-16,19-22,24-25H,4-5,8-12H2,(H,23,26)(H,27,28). The molecule has 0 radical (unpaired) electrons. The summed E-state index contributed by atoms with van der Waals surface area (Å²) in [6.07, 6.45) is 2.05. The normalized spacial score (nSPS) is 22.6. The summed E-state index contributed by atoms with van der Waals surface area (Å²) >= 11 is 0. The number of sulfonamides is 1. The molecule has 2 aliphatic heterocycles. The van der Waals surface area contributed by atoms with Crippen LogP contribution in [0.3, 0.4) is 0 Å². The Morgan fingerprint density at radius 3 is 2.59 bits per heavy atom. The molecule has 3 atom stereocenters. The third kappa shape index (κ3) is 7.20. The van der Waals surface area contributed by atoms with Crippen LogP contribution in [-0.4, -0.2) is 76.1 Å². The molecule has 3 rings (SSSR count). The maximum Gasteiger partial charge on any atom is 0.323 e. The van der Waals surface area contributed by atoms with Crippen LogP contribution < -0.4 is 31.5 Å². The summed E-state index contributed by atoms with van der Waals surface area (Å²) in [6.45, 7) is 2.26. The van der Waals surface area contributed by atoms with Crippen LogP contribution in [0.5, 0.6) is 0 Å². The van der Waals surface area contributed by atoms with Crippen LogP contribution in [0, 0.1) is 0 Å². The van der Waals surface area contributed by atoms with Crippen molar-refractivity contribution in [3.05, 3.63) is 30.3 Å². The van der Waals surface area contributed by atoms with Crippen LogP contribution in [0.2, 0.25) is 0 Å². The molecule has 2 heterocycles. The second kappa shape index (κ2) is 11.7. The first kappa shape index (κ1) is 24.5. The van der Waals surface area contributed by atoms with E-state index in [0.29, 0.717) is 6.42 Å². The molecule has 0 aliphatic carbocycles.